The van der Waals surface area contributed by atoms with E-state index >= 15 is 0 Å². The van der Waals surface area contributed by atoms with Gasteiger partial charge in [-0.3, -0.25) is 9.36 Å². The summed E-state index contributed by atoms with van der Waals surface area (Å²) in [5.41, 5.74) is 1.57. The number of anilines is 3. The maximum absolute atomic E-state index is 12.9. The number of thioether (sulfide) groups is 1. The zero-order valence-electron chi connectivity index (χ0n) is 15.1. The van der Waals surface area contributed by atoms with E-state index in [1.807, 2.05) is 28.8 Å². The lowest BCUT2D eigenvalue weighted by molar-refractivity contribution is -0.113. The van der Waals surface area contributed by atoms with Crippen LogP contribution in [0.25, 0.3) is 0 Å². The van der Waals surface area contributed by atoms with Crippen LogP contribution in [0.15, 0.2) is 53.7 Å². The molecular weight excluding hydrogens is 381 g/mol. The van der Waals surface area contributed by atoms with Crippen LogP contribution in [0.5, 0.6) is 5.75 Å². The van der Waals surface area contributed by atoms with E-state index in [1.54, 1.807) is 7.11 Å². The zero-order valence-corrected chi connectivity index (χ0v) is 15.9. The molecule has 9 heteroatoms. The number of benzene rings is 2. The zero-order chi connectivity index (χ0) is 19.5. The molecule has 1 N–H and O–H groups in total. The van der Waals surface area contributed by atoms with Gasteiger partial charge in [-0.2, -0.15) is 0 Å². The Morgan fingerprint density at radius 1 is 1.14 bits per heavy atom. The van der Waals surface area contributed by atoms with Gasteiger partial charge in [-0.05, 0) is 48.5 Å². The van der Waals surface area contributed by atoms with Crippen LogP contribution < -0.4 is 15.0 Å². The Morgan fingerprint density at radius 2 is 1.89 bits per heavy atom. The Morgan fingerprint density at radius 3 is 2.61 bits per heavy atom. The largest absolute Gasteiger partial charge is 0.497 e. The molecule has 4 rings (SSSR count). The standard InChI is InChI=1S/C19H18FN5O2S/c1-27-16-8-6-15(7-9-16)24-10-11-25-18(24)22-23-19(25)28-12-17(26)21-14-4-2-13(20)3-5-14/h2-9H,10-12H2,1H3,(H,21,26). The van der Waals surface area contributed by atoms with Crippen LogP contribution in [0.1, 0.15) is 0 Å². The molecule has 1 aromatic heterocycles. The van der Waals surface area contributed by atoms with Crippen molar-refractivity contribution in [3.63, 3.8) is 0 Å². The average molecular weight is 399 g/mol. The molecule has 144 valence electrons. The average Bonchev–Trinajstić information content (AvgIpc) is 3.31. The monoisotopic (exact) mass is 399 g/mol. The van der Waals surface area contributed by atoms with Crippen molar-refractivity contribution in [2.75, 3.05) is 29.6 Å². The Balaban J connectivity index is 1.39. The van der Waals surface area contributed by atoms with Crippen molar-refractivity contribution in [1.82, 2.24) is 14.8 Å². The summed E-state index contributed by atoms with van der Waals surface area (Å²) in [7, 11) is 1.64. The first-order valence-electron chi connectivity index (χ1n) is 8.67. The summed E-state index contributed by atoms with van der Waals surface area (Å²) in [6, 6.07) is 13.4. The molecule has 0 saturated heterocycles. The van der Waals surface area contributed by atoms with Gasteiger partial charge in [0.05, 0.1) is 12.9 Å². The minimum absolute atomic E-state index is 0.182. The number of methoxy groups -OCH3 is 1. The van der Waals surface area contributed by atoms with Crippen LogP contribution in [0.3, 0.4) is 0 Å². The SMILES string of the molecule is COc1ccc(N2CCn3c(SCC(=O)Nc4ccc(F)cc4)nnc32)cc1. The van der Waals surface area contributed by atoms with E-state index < -0.39 is 0 Å². The minimum Gasteiger partial charge on any atom is -0.497 e. The van der Waals surface area contributed by atoms with Crippen molar-refractivity contribution in [2.45, 2.75) is 11.7 Å². The van der Waals surface area contributed by atoms with Gasteiger partial charge < -0.3 is 15.0 Å². The quantitative estimate of drug-likeness (QED) is 0.641. The van der Waals surface area contributed by atoms with Gasteiger partial charge in [-0.1, -0.05) is 11.8 Å². The summed E-state index contributed by atoms with van der Waals surface area (Å²) in [6.07, 6.45) is 0. The Hall–Kier alpha value is -3.07. The molecule has 0 radical (unpaired) electrons. The summed E-state index contributed by atoms with van der Waals surface area (Å²) in [5.74, 6) is 1.23. The fourth-order valence-electron chi connectivity index (χ4n) is 2.95. The van der Waals surface area contributed by atoms with E-state index in [9.17, 15) is 9.18 Å². The van der Waals surface area contributed by atoms with Crippen molar-refractivity contribution in [1.29, 1.82) is 0 Å². The van der Waals surface area contributed by atoms with E-state index in [0.29, 0.717) is 10.8 Å². The molecule has 1 amide bonds. The third kappa shape index (κ3) is 3.79. The van der Waals surface area contributed by atoms with Crippen molar-refractivity contribution in [3.05, 3.63) is 54.3 Å². The molecular formula is C19H18FN5O2S. The Bertz CT molecular complexity index is 975. The Labute approximate surface area is 165 Å². The van der Waals surface area contributed by atoms with Gasteiger partial charge in [0.1, 0.15) is 11.6 Å². The second-order valence-corrected chi connectivity index (χ2v) is 7.07. The van der Waals surface area contributed by atoms with E-state index in [2.05, 4.69) is 20.4 Å². The fourth-order valence-corrected chi connectivity index (χ4v) is 3.71. The minimum atomic E-state index is -0.340. The van der Waals surface area contributed by atoms with Gasteiger partial charge in [0.15, 0.2) is 5.16 Å². The van der Waals surface area contributed by atoms with Crippen LogP contribution in [-0.4, -0.2) is 40.1 Å². The number of hydrogen-bond donors (Lipinski definition) is 1. The first kappa shape index (κ1) is 18.3. The number of ether oxygens (including phenoxy) is 1. The van der Waals surface area contributed by atoms with Crippen molar-refractivity contribution in [3.8, 4) is 5.75 Å². The summed E-state index contributed by atoms with van der Waals surface area (Å²) >= 11 is 1.32. The molecule has 1 aliphatic rings. The molecule has 0 spiro atoms. The molecule has 0 atom stereocenters. The fraction of sp³-hybridized carbons (Fsp3) is 0.211. The molecule has 0 saturated carbocycles. The van der Waals surface area contributed by atoms with E-state index in [4.69, 9.17) is 4.74 Å². The number of halogens is 1. The highest BCUT2D eigenvalue weighted by molar-refractivity contribution is 7.99. The molecule has 0 fully saturated rings. The lowest BCUT2D eigenvalue weighted by Crippen LogP contribution is -2.14. The third-order valence-corrected chi connectivity index (χ3v) is 5.30. The molecule has 28 heavy (non-hydrogen) atoms. The molecule has 7 nitrogen and oxygen atoms in total. The van der Waals surface area contributed by atoms with Crippen LogP contribution >= 0.6 is 11.8 Å². The number of fused-ring (bicyclic) bond motifs is 1. The maximum Gasteiger partial charge on any atom is 0.234 e. The molecule has 0 bridgehead atoms. The Kier molecular flexibility index (Phi) is 5.16. The highest BCUT2D eigenvalue weighted by Gasteiger charge is 2.26. The summed E-state index contributed by atoms with van der Waals surface area (Å²) in [6.45, 7) is 1.53. The van der Waals surface area contributed by atoms with Crippen LogP contribution in [0, 0.1) is 5.82 Å². The predicted octanol–water partition coefficient (Wildman–Crippen LogP) is 3.31. The van der Waals surface area contributed by atoms with Crippen molar-refractivity contribution < 1.29 is 13.9 Å². The molecule has 2 heterocycles. The topological polar surface area (TPSA) is 72.3 Å². The number of nitrogens with zero attached hydrogens (tertiary/aromatic N) is 4. The second kappa shape index (κ2) is 7.89. The van der Waals surface area contributed by atoms with Crippen LogP contribution in [0.4, 0.5) is 21.7 Å². The maximum atomic E-state index is 12.9. The molecule has 0 unspecified atom stereocenters. The van der Waals surface area contributed by atoms with Gasteiger partial charge in [0.2, 0.25) is 11.9 Å². The second-order valence-electron chi connectivity index (χ2n) is 6.13. The van der Waals surface area contributed by atoms with Gasteiger partial charge in [0, 0.05) is 24.5 Å². The first-order valence-corrected chi connectivity index (χ1v) is 9.65. The number of nitrogens with one attached hydrogen (secondary N) is 1. The summed E-state index contributed by atoms with van der Waals surface area (Å²) < 4.78 is 20.1. The molecule has 0 aliphatic carbocycles. The lowest BCUT2D eigenvalue weighted by Gasteiger charge is -2.15. The van der Waals surface area contributed by atoms with Gasteiger partial charge in [0.25, 0.3) is 0 Å². The van der Waals surface area contributed by atoms with Gasteiger partial charge in [-0.25, -0.2) is 4.39 Å². The third-order valence-electron chi connectivity index (χ3n) is 4.33. The lowest BCUT2D eigenvalue weighted by atomic mass is 10.3. The number of carbonyl (C=O) groups excluding carboxylic acids is 1. The van der Waals surface area contributed by atoms with Crippen LogP contribution in [-0.2, 0) is 11.3 Å². The van der Waals surface area contributed by atoms with Crippen molar-refractivity contribution >= 4 is 35.0 Å². The van der Waals surface area contributed by atoms with E-state index in [-0.39, 0.29) is 17.5 Å². The highest BCUT2D eigenvalue weighted by Crippen LogP contribution is 2.32. The van der Waals surface area contributed by atoms with E-state index in [1.165, 1.54) is 36.0 Å². The molecule has 3 aromatic rings. The number of hydrogen-bond acceptors (Lipinski definition) is 6. The van der Waals surface area contributed by atoms with Crippen LogP contribution in [0.2, 0.25) is 0 Å². The molecule has 2 aromatic carbocycles. The molecule has 1 aliphatic heterocycles. The van der Waals surface area contributed by atoms with E-state index in [0.717, 1.165) is 30.5 Å². The number of amides is 1. The predicted molar refractivity (Wildman–Crippen MR) is 106 cm³/mol. The smallest absolute Gasteiger partial charge is 0.234 e. The van der Waals surface area contributed by atoms with Crippen molar-refractivity contribution in [2.24, 2.45) is 0 Å². The highest BCUT2D eigenvalue weighted by atomic mass is 32.2. The number of rotatable bonds is 6. The van der Waals surface area contributed by atoms with Gasteiger partial charge >= 0.3 is 0 Å². The van der Waals surface area contributed by atoms with Gasteiger partial charge in [-0.15, -0.1) is 10.2 Å². The summed E-state index contributed by atoms with van der Waals surface area (Å²) in [5, 5.41) is 11.9. The number of aromatic nitrogens is 3. The normalized spacial score (nSPS) is 12.7. The summed E-state index contributed by atoms with van der Waals surface area (Å²) in [4.78, 5) is 14.2. The first-order chi connectivity index (χ1) is 13.6. The number of carbonyl (C=O) groups is 1.